The van der Waals surface area contributed by atoms with Gasteiger partial charge >= 0.3 is 6.03 Å². The molecule has 1 aromatic heterocycles. The third kappa shape index (κ3) is 5.42. The van der Waals surface area contributed by atoms with Gasteiger partial charge in [-0.1, -0.05) is 49.4 Å². The summed E-state index contributed by atoms with van der Waals surface area (Å²) in [5.74, 6) is -0.237. The standard InChI is InChI=1S/C30H40N4O4/c1-19(2)31-30(37)32(5)16-26-20(3)15-34(21(4)17-35)29(36)28-27(23-12-8-7-11-22(23)18-38-26)24-13-9-10-14-25(24)33(28)6/h7-14,19-21,26,35H,15-18H2,1-6H3,(H,31,37)/t20-,21-,26+/m1/s1. The molecule has 0 bridgehead atoms. The topological polar surface area (TPSA) is 87.0 Å². The van der Waals surface area contributed by atoms with Gasteiger partial charge in [0.25, 0.3) is 5.91 Å². The molecule has 204 valence electrons. The Bertz CT molecular complexity index is 1300. The summed E-state index contributed by atoms with van der Waals surface area (Å²) in [5.41, 5.74) is 4.37. The molecule has 8 nitrogen and oxygen atoms in total. The Labute approximate surface area is 225 Å². The minimum atomic E-state index is -0.394. The maximum atomic E-state index is 14.3. The van der Waals surface area contributed by atoms with Crippen LogP contribution in [0.5, 0.6) is 0 Å². The summed E-state index contributed by atoms with van der Waals surface area (Å²) in [6.45, 7) is 8.68. The summed E-state index contributed by atoms with van der Waals surface area (Å²) < 4.78 is 8.50. The van der Waals surface area contributed by atoms with Gasteiger partial charge in [-0.2, -0.15) is 0 Å². The molecule has 2 N–H and O–H groups in total. The molecule has 0 radical (unpaired) electrons. The Kier molecular flexibility index (Phi) is 8.43. The van der Waals surface area contributed by atoms with Crippen LogP contribution in [0.1, 0.15) is 43.7 Å². The average molecular weight is 521 g/mol. The van der Waals surface area contributed by atoms with Crippen molar-refractivity contribution in [1.29, 1.82) is 0 Å². The molecular weight excluding hydrogens is 480 g/mol. The Morgan fingerprint density at radius 1 is 1.16 bits per heavy atom. The number of aryl methyl sites for hydroxylation is 1. The molecule has 38 heavy (non-hydrogen) atoms. The van der Waals surface area contributed by atoms with E-state index < -0.39 is 6.04 Å². The van der Waals surface area contributed by atoms with E-state index in [1.807, 2.05) is 87.8 Å². The number of ether oxygens (including phenoxy) is 1. The zero-order chi connectivity index (χ0) is 27.6. The van der Waals surface area contributed by atoms with E-state index in [2.05, 4.69) is 5.32 Å². The summed E-state index contributed by atoms with van der Waals surface area (Å²) in [5, 5.41) is 14.0. The predicted octanol–water partition coefficient (Wildman–Crippen LogP) is 4.25. The molecule has 1 aliphatic heterocycles. The highest BCUT2D eigenvalue weighted by Crippen LogP contribution is 2.38. The number of nitrogens with zero attached hydrogens (tertiary/aromatic N) is 3. The molecule has 3 aromatic rings. The summed E-state index contributed by atoms with van der Waals surface area (Å²) in [4.78, 5) is 30.4. The number of nitrogens with one attached hydrogen (secondary N) is 1. The number of aliphatic hydroxyl groups is 1. The van der Waals surface area contributed by atoms with Crippen molar-refractivity contribution in [2.45, 2.75) is 52.5 Å². The number of para-hydroxylation sites is 1. The fourth-order valence-corrected chi connectivity index (χ4v) is 5.24. The molecular formula is C30H40N4O4. The van der Waals surface area contributed by atoms with Crippen LogP contribution in [0.25, 0.3) is 22.0 Å². The number of aromatic nitrogens is 1. The molecule has 8 heteroatoms. The Morgan fingerprint density at radius 2 is 1.84 bits per heavy atom. The van der Waals surface area contributed by atoms with Crippen LogP contribution >= 0.6 is 0 Å². The largest absolute Gasteiger partial charge is 0.394 e. The lowest BCUT2D eigenvalue weighted by atomic mass is 9.96. The Hall–Kier alpha value is -3.36. The third-order valence-electron chi connectivity index (χ3n) is 7.44. The zero-order valence-electron chi connectivity index (χ0n) is 23.3. The van der Waals surface area contributed by atoms with Gasteiger partial charge in [-0.25, -0.2) is 4.79 Å². The minimum Gasteiger partial charge on any atom is -0.394 e. The van der Waals surface area contributed by atoms with Crippen LogP contribution in [0.15, 0.2) is 48.5 Å². The van der Waals surface area contributed by atoms with E-state index in [0.29, 0.717) is 25.4 Å². The average Bonchev–Trinajstić information content (AvgIpc) is 3.19. The number of carbonyl (C=O) groups is 2. The first kappa shape index (κ1) is 27.7. The van der Waals surface area contributed by atoms with E-state index >= 15 is 0 Å². The van der Waals surface area contributed by atoms with Crippen molar-refractivity contribution in [3.8, 4) is 11.1 Å². The first-order valence-corrected chi connectivity index (χ1v) is 13.3. The highest BCUT2D eigenvalue weighted by molar-refractivity contribution is 6.10. The summed E-state index contributed by atoms with van der Waals surface area (Å²) in [7, 11) is 3.68. The number of likely N-dealkylation sites (N-methyl/N-ethyl adjacent to an activating group) is 1. The van der Waals surface area contributed by atoms with Crippen molar-refractivity contribution in [1.82, 2.24) is 19.7 Å². The van der Waals surface area contributed by atoms with Gasteiger partial charge in [-0.05, 0) is 38.0 Å². The Balaban J connectivity index is 1.84. The highest BCUT2D eigenvalue weighted by Gasteiger charge is 2.34. The van der Waals surface area contributed by atoms with Gasteiger partial charge in [-0.15, -0.1) is 0 Å². The maximum absolute atomic E-state index is 14.3. The van der Waals surface area contributed by atoms with Gasteiger partial charge < -0.3 is 29.5 Å². The number of aliphatic hydroxyl groups excluding tert-OH is 1. The first-order valence-electron chi connectivity index (χ1n) is 13.3. The Morgan fingerprint density at radius 3 is 2.55 bits per heavy atom. The van der Waals surface area contributed by atoms with Crippen LogP contribution in [0.2, 0.25) is 0 Å². The third-order valence-corrected chi connectivity index (χ3v) is 7.44. The normalized spacial score (nSPS) is 19.1. The molecule has 0 unspecified atom stereocenters. The molecule has 0 fully saturated rings. The lowest BCUT2D eigenvalue weighted by Crippen LogP contribution is -2.49. The van der Waals surface area contributed by atoms with Crippen molar-refractivity contribution in [2.24, 2.45) is 13.0 Å². The van der Waals surface area contributed by atoms with Gasteiger partial charge in [-0.3, -0.25) is 4.79 Å². The van der Waals surface area contributed by atoms with Crippen LogP contribution in [0, 0.1) is 5.92 Å². The van der Waals surface area contributed by atoms with Crippen molar-refractivity contribution >= 4 is 22.8 Å². The van der Waals surface area contributed by atoms with Crippen LogP contribution in [-0.2, 0) is 18.4 Å². The van der Waals surface area contributed by atoms with Gasteiger partial charge in [0, 0.05) is 55.6 Å². The molecule has 0 saturated heterocycles. The quantitative estimate of drug-likeness (QED) is 0.527. The van der Waals surface area contributed by atoms with Crippen molar-refractivity contribution in [2.75, 3.05) is 26.7 Å². The predicted molar refractivity (Wildman–Crippen MR) is 150 cm³/mol. The minimum absolute atomic E-state index is 0.0228. The van der Waals surface area contributed by atoms with E-state index in [-0.39, 0.29) is 36.6 Å². The molecule has 0 aliphatic carbocycles. The fraction of sp³-hybridized carbons (Fsp3) is 0.467. The van der Waals surface area contributed by atoms with E-state index in [1.54, 1.807) is 16.8 Å². The number of hydrogen-bond acceptors (Lipinski definition) is 4. The van der Waals surface area contributed by atoms with E-state index in [4.69, 9.17) is 4.74 Å². The van der Waals surface area contributed by atoms with Crippen LogP contribution in [0.4, 0.5) is 4.79 Å². The smallest absolute Gasteiger partial charge is 0.317 e. The molecule has 1 aliphatic rings. The fourth-order valence-electron chi connectivity index (χ4n) is 5.24. The number of rotatable bonds is 5. The number of amides is 3. The van der Waals surface area contributed by atoms with E-state index in [9.17, 15) is 14.7 Å². The van der Waals surface area contributed by atoms with E-state index in [0.717, 1.165) is 27.6 Å². The van der Waals surface area contributed by atoms with Crippen LogP contribution in [-0.4, -0.2) is 76.3 Å². The summed E-state index contributed by atoms with van der Waals surface area (Å²) in [6, 6.07) is 15.5. The van der Waals surface area contributed by atoms with Crippen molar-refractivity contribution < 1.29 is 19.4 Å². The number of urea groups is 1. The van der Waals surface area contributed by atoms with Crippen molar-refractivity contribution in [3.05, 3.63) is 59.8 Å². The molecule has 0 spiro atoms. The molecule has 2 aromatic carbocycles. The molecule has 0 saturated carbocycles. The highest BCUT2D eigenvalue weighted by atomic mass is 16.5. The molecule has 3 amide bonds. The lowest BCUT2D eigenvalue weighted by Gasteiger charge is -2.35. The second kappa shape index (κ2) is 11.6. The number of carbonyl (C=O) groups excluding carboxylic acids is 2. The first-order chi connectivity index (χ1) is 18.1. The molecule has 3 atom stereocenters. The second-order valence-corrected chi connectivity index (χ2v) is 10.8. The molecule has 2 heterocycles. The SMILES string of the molecule is CC(C)NC(=O)N(C)C[C@@H]1OCc2ccccc2-c2c(n(C)c3ccccc23)C(=O)N([C@H](C)CO)C[C@H]1C. The van der Waals surface area contributed by atoms with Gasteiger partial charge in [0.05, 0.1) is 25.4 Å². The maximum Gasteiger partial charge on any atom is 0.317 e. The van der Waals surface area contributed by atoms with Gasteiger partial charge in [0.15, 0.2) is 0 Å². The second-order valence-electron chi connectivity index (χ2n) is 10.8. The van der Waals surface area contributed by atoms with E-state index in [1.165, 1.54) is 0 Å². The summed E-state index contributed by atoms with van der Waals surface area (Å²) in [6.07, 6.45) is -0.329. The van der Waals surface area contributed by atoms with Crippen molar-refractivity contribution in [3.63, 3.8) is 0 Å². The van der Waals surface area contributed by atoms with Crippen LogP contribution < -0.4 is 5.32 Å². The monoisotopic (exact) mass is 520 g/mol. The molecule has 4 rings (SSSR count). The number of hydrogen-bond donors (Lipinski definition) is 2. The van der Waals surface area contributed by atoms with Gasteiger partial charge in [0.1, 0.15) is 5.69 Å². The van der Waals surface area contributed by atoms with Crippen LogP contribution in [0.3, 0.4) is 0 Å². The number of fused-ring (bicyclic) bond motifs is 5. The lowest BCUT2D eigenvalue weighted by molar-refractivity contribution is -0.0185. The van der Waals surface area contributed by atoms with Gasteiger partial charge in [0.2, 0.25) is 0 Å². The number of benzene rings is 2. The zero-order valence-corrected chi connectivity index (χ0v) is 23.3. The summed E-state index contributed by atoms with van der Waals surface area (Å²) >= 11 is 0.